The lowest BCUT2D eigenvalue weighted by atomic mass is 10.0. The number of rotatable bonds is 5. The molecule has 0 saturated carbocycles. The zero-order chi connectivity index (χ0) is 20.2. The van der Waals surface area contributed by atoms with Crippen LogP contribution in [0.5, 0.6) is 5.75 Å². The van der Waals surface area contributed by atoms with Crippen LogP contribution in [0.2, 0.25) is 0 Å². The molecule has 4 rings (SSSR count). The lowest BCUT2D eigenvalue weighted by Crippen LogP contribution is -2.49. The van der Waals surface area contributed by atoms with E-state index in [4.69, 9.17) is 4.74 Å². The van der Waals surface area contributed by atoms with Gasteiger partial charge in [0.25, 0.3) is 5.91 Å². The van der Waals surface area contributed by atoms with Crippen molar-refractivity contribution in [2.75, 3.05) is 11.4 Å². The molecule has 1 N–H and O–H groups in total. The van der Waals surface area contributed by atoms with Gasteiger partial charge < -0.3 is 10.1 Å². The number of ether oxygens (including phenoxy) is 1. The molecular weight excluding hydrogens is 366 g/mol. The molecule has 0 bridgehead atoms. The zero-order valence-corrected chi connectivity index (χ0v) is 16.0. The number of hydrogen-bond donors (Lipinski definition) is 1. The molecule has 0 aliphatic carbocycles. The van der Waals surface area contributed by atoms with Crippen LogP contribution < -0.4 is 15.0 Å². The Bertz CT molecular complexity index is 969. The molecule has 0 saturated heterocycles. The predicted octanol–water partition coefficient (Wildman–Crippen LogP) is 3.10. The van der Waals surface area contributed by atoms with Crippen molar-refractivity contribution in [2.24, 2.45) is 0 Å². The minimum Gasteiger partial charge on any atom is -0.479 e. The van der Waals surface area contributed by atoms with Crippen LogP contribution in [-0.2, 0) is 9.59 Å². The SMILES string of the molecule is C[C@@H]1Oc2ccccc2N(CC(=O)N[C@H](c2ccccc2)c2ccccn2)C1=O. The van der Waals surface area contributed by atoms with Crippen LogP contribution in [0.1, 0.15) is 24.2 Å². The van der Waals surface area contributed by atoms with Crippen LogP contribution in [0.4, 0.5) is 5.69 Å². The van der Waals surface area contributed by atoms with Crippen LogP contribution in [0.3, 0.4) is 0 Å². The van der Waals surface area contributed by atoms with Gasteiger partial charge in [-0.3, -0.25) is 19.5 Å². The van der Waals surface area contributed by atoms with E-state index in [0.29, 0.717) is 11.4 Å². The minimum atomic E-state index is -0.640. The molecule has 2 amide bonds. The number of nitrogens with one attached hydrogen (secondary N) is 1. The predicted molar refractivity (Wildman–Crippen MR) is 110 cm³/mol. The van der Waals surface area contributed by atoms with E-state index in [2.05, 4.69) is 10.3 Å². The number of amides is 2. The molecule has 0 unspecified atom stereocenters. The first-order valence-corrected chi connectivity index (χ1v) is 9.46. The van der Waals surface area contributed by atoms with Crippen LogP contribution in [0.15, 0.2) is 79.0 Å². The lowest BCUT2D eigenvalue weighted by Gasteiger charge is -2.32. The Kier molecular flexibility index (Phi) is 5.24. The first-order valence-electron chi connectivity index (χ1n) is 9.46. The highest BCUT2D eigenvalue weighted by Gasteiger charge is 2.33. The number of carbonyl (C=O) groups excluding carboxylic acids is 2. The van der Waals surface area contributed by atoms with Crippen molar-refractivity contribution in [3.8, 4) is 5.75 Å². The molecule has 3 aromatic rings. The van der Waals surface area contributed by atoms with E-state index in [0.717, 1.165) is 11.3 Å². The average Bonchev–Trinajstić information content (AvgIpc) is 2.76. The highest BCUT2D eigenvalue weighted by molar-refractivity contribution is 6.03. The molecule has 1 aromatic heterocycles. The topological polar surface area (TPSA) is 71.5 Å². The maximum atomic E-state index is 13.0. The van der Waals surface area contributed by atoms with Crippen molar-refractivity contribution in [2.45, 2.75) is 19.1 Å². The van der Waals surface area contributed by atoms with E-state index in [1.165, 1.54) is 4.90 Å². The smallest absolute Gasteiger partial charge is 0.268 e. The van der Waals surface area contributed by atoms with E-state index in [1.54, 1.807) is 25.3 Å². The molecule has 2 atom stereocenters. The third kappa shape index (κ3) is 3.96. The standard InChI is InChI=1S/C23H21N3O3/c1-16-23(28)26(19-12-5-6-13-20(19)29-16)15-21(27)25-22(17-9-3-2-4-10-17)18-11-7-8-14-24-18/h2-14,16,22H,15H2,1H3,(H,25,27)/t16-,22+/m0/s1. The highest BCUT2D eigenvalue weighted by atomic mass is 16.5. The van der Waals surface area contributed by atoms with Gasteiger partial charge in [0.15, 0.2) is 6.10 Å². The van der Waals surface area contributed by atoms with Gasteiger partial charge in [0.2, 0.25) is 5.91 Å². The molecule has 1 aliphatic rings. The average molecular weight is 387 g/mol. The first kappa shape index (κ1) is 18.7. The summed E-state index contributed by atoms with van der Waals surface area (Å²) in [5, 5.41) is 3.03. The van der Waals surface area contributed by atoms with Crippen molar-refractivity contribution >= 4 is 17.5 Å². The molecule has 2 aromatic carbocycles. The molecule has 0 spiro atoms. The summed E-state index contributed by atoms with van der Waals surface area (Å²) in [5.74, 6) is 0.0754. The number of carbonyl (C=O) groups is 2. The van der Waals surface area contributed by atoms with Gasteiger partial charge in [-0.05, 0) is 36.8 Å². The molecule has 0 fully saturated rings. The number of fused-ring (bicyclic) bond motifs is 1. The highest BCUT2D eigenvalue weighted by Crippen LogP contribution is 2.33. The Hall–Kier alpha value is -3.67. The van der Waals surface area contributed by atoms with E-state index in [1.807, 2.05) is 60.7 Å². The van der Waals surface area contributed by atoms with E-state index < -0.39 is 12.1 Å². The van der Waals surface area contributed by atoms with Crippen molar-refractivity contribution in [3.05, 3.63) is 90.3 Å². The molecule has 29 heavy (non-hydrogen) atoms. The summed E-state index contributed by atoms with van der Waals surface area (Å²) in [6.45, 7) is 1.59. The van der Waals surface area contributed by atoms with Gasteiger partial charge >= 0.3 is 0 Å². The van der Waals surface area contributed by atoms with Gasteiger partial charge in [-0.15, -0.1) is 0 Å². The zero-order valence-electron chi connectivity index (χ0n) is 16.0. The Morgan fingerprint density at radius 1 is 1.07 bits per heavy atom. The maximum Gasteiger partial charge on any atom is 0.268 e. The van der Waals surface area contributed by atoms with Crippen LogP contribution >= 0.6 is 0 Å². The first-order chi connectivity index (χ1) is 14.1. The van der Waals surface area contributed by atoms with Gasteiger partial charge in [0.05, 0.1) is 17.4 Å². The van der Waals surface area contributed by atoms with Crippen molar-refractivity contribution in [1.82, 2.24) is 10.3 Å². The number of benzene rings is 2. The summed E-state index contributed by atoms with van der Waals surface area (Å²) in [7, 11) is 0. The summed E-state index contributed by atoms with van der Waals surface area (Å²) < 4.78 is 5.64. The number of nitrogens with zero attached hydrogens (tertiary/aromatic N) is 2. The maximum absolute atomic E-state index is 13.0. The van der Waals surface area contributed by atoms with Crippen LogP contribution in [-0.4, -0.2) is 29.4 Å². The van der Waals surface area contributed by atoms with Crippen molar-refractivity contribution < 1.29 is 14.3 Å². The van der Waals surface area contributed by atoms with Crippen molar-refractivity contribution in [1.29, 1.82) is 0 Å². The van der Waals surface area contributed by atoms with Gasteiger partial charge in [-0.2, -0.15) is 0 Å². The Morgan fingerprint density at radius 2 is 1.79 bits per heavy atom. The molecule has 2 heterocycles. The summed E-state index contributed by atoms with van der Waals surface area (Å²) in [5.41, 5.74) is 2.25. The van der Waals surface area contributed by atoms with E-state index in [-0.39, 0.29) is 18.4 Å². The van der Waals surface area contributed by atoms with E-state index >= 15 is 0 Å². The molecule has 6 nitrogen and oxygen atoms in total. The third-order valence-electron chi connectivity index (χ3n) is 4.80. The second kappa shape index (κ2) is 8.14. The minimum absolute atomic E-state index is 0.0975. The Morgan fingerprint density at radius 3 is 2.55 bits per heavy atom. The third-order valence-corrected chi connectivity index (χ3v) is 4.80. The number of aromatic nitrogens is 1. The number of hydrogen-bond acceptors (Lipinski definition) is 4. The van der Waals surface area contributed by atoms with Gasteiger partial charge in [-0.25, -0.2) is 0 Å². The molecule has 6 heteroatoms. The lowest BCUT2D eigenvalue weighted by molar-refractivity contribution is -0.128. The molecule has 1 aliphatic heterocycles. The fourth-order valence-corrected chi connectivity index (χ4v) is 3.39. The van der Waals surface area contributed by atoms with Gasteiger partial charge in [-0.1, -0.05) is 48.5 Å². The summed E-state index contributed by atoms with van der Waals surface area (Å²) in [6, 6.07) is 22.0. The summed E-state index contributed by atoms with van der Waals surface area (Å²) in [4.78, 5) is 31.5. The normalized spacial score (nSPS) is 16.5. The second-order valence-electron chi connectivity index (χ2n) is 6.82. The summed E-state index contributed by atoms with van der Waals surface area (Å²) in [6.07, 6.45) is 1.05. The van der Waals surface area contributed by atoms with E-state index in [9.17, 15) is 9.59 Å². The fraction of sp³-hybridized carbons (Fsp3) is 0.174. The monoisotopic (exact) mass is 387 g/mol. The Balaban J connectivity index is 1.58. The van der Waals surface area contributed by atoms with Gasteiger partial charge in [0, 0.05) is 6.20 Å². The molecule has 146 valence electrons. The van der Waals surface area contributed by atoms with Crippen LogP contribution in [0.25, 0.3) is 0 Å². The second-order valence-corrected chi connectivity index (χ2v) is 6.82. The fourth-order valence-electron chi connectivity index (χ4n) is 3.39. The molecular formula is C23H21N3O3. The number of pyridine rings is 1. The van der Waals surface area contributed by atoms with Gasteiger partial charge in [0.1, 0.15) is 12.3 Å². The summed E-state index contributed by atoms with van der Waals surface area (Å²) >= 11 is 0. The Labute approximate surface area is 169 Å². The van der Waals surface area contributed by atoms with Crippen LogP contribution in [0, 0.1) is 0 Å². The largest absolute Gasteiger partial charge is 0.479 e. The quantitative estimate of drug-likeness (QED) is 0.730. The van der Waals surface area contributed by atoms with Crippen molar-refractivity contribution in [3.63, 3.8) is 0 Å². The number of anilines is 1. The molecule has 0 radical (unpaired) electrons. The number of para-hydroxylation sites is 2.